The summed E-state index contributed by atoms with van der Waals surface area (Å²) in [5.41, 5.74) is 0. The van der Waals surface area contributed by atoms with Crippen molar-refractivity contribution < 1.29 is 9.59 Å². The van der Waals surface area contributed by atoms with E-state index in [1.54, 1.807) is 0 Å². The van der Waals surface area contributed by atoms with E-state index in [4.69, 9.17) is 0 Å². The van der Waals surface area contributed by atoms with Gasteiger partial charge in [0.15, 0.2) is 12.1 Å². The molecule has 0 saturated heterocycles. The van der Waals surface area contributed by atoms with Crippen molar-refractivity contribution in [3.8, 4) is 0 Å². The van der Waals surface area contributed by atoms with Crippen LogP contribution >= 0.6 is 0 Å². The van der Waals surface area contributed by atoms with Crippen molar-refractivity contribution in [3.63, 3.8) is 0 Å². The number of carbonyl (C=O) groups excluding carboxylic acids is 2. The number of rotatable bonds is 2. The van der Waals surface area contributed by atoms with E-state index in [2.05, 4.69) is 0 Å². The zero-order valence-electron chi connectivity index (χ0n) is 4.76. The van der Waals surface area contributed by atoms with Gasteiger partial charge >= 0.3 is 0 Å². The van der Waals surface area contributed by atoms with Gasteiger partial charge in [-0.3, -0.25) is 9.59 Å². The second kappa shape index (κ2) is 1.69. The predicted octanol–water partition coefficient (Wildman–Crippen LogP) is 0.410. The molecule has 0 heterocycles. The van der Waals surface area contributed by atoms with Crippen LogP contribution in [0.3, 0.4) is 0 Å². The van der Waals surface area contributed by atoms with E-state index in [9.17, 15) is 9.59 Å². The predicted molar refractivity (Wildman–Crippen MR) is 28.3 cm³/mol. The topological polar surface area (TPSA) is 34.1 Å². The van der Waals surface area contributed by atoms with Gasteiger partial charge in [0.05, 0.1) is 0 Å². The van der Waals surface area contributed by atoms with Crippen LogP contribution in [-0.2, 0) is 9.59 Å². The third-order valence-corrected chi connectivity index (χ3v) is 1.59. The summed E-state index contributed by atoms with van der Waals surface area (Å²) >= 11 is 0. The molecule has 0 radical (unpaired) electrons. The molecule has 1 saturated carbocycles. The average Bonchev–Trinajstić information content (AvgIpc) is 2.45. The Kier molecular flexibility index (Phi) is 1.16. The van der Waals surface area contributed by atoms with E-state index in [-0.39, 0.29) is 11.7 Å². The van der Waals surface area contributed by atoms with Crippen LogP contribution in [0.25, 0.3) is 0 Å². The SMILES string of the molecule is CC1CC1C(=O)C=O. The molecule has 0 amide bonds. The Morgan fingerprint density at radius 1 is 1.75 bits per heavy atom. The van der Waals surface area contributed by atoms with Crippen molar-refractivity contribution in [1.29, 1.82) is 0 Å². The normalized spacial score (nSPS) is 34.1. The molecule has 0 aliphatic heterocycles. The lowest BCUT2D eigenvalue weighted by atomic mass is 10.2. The van der Waals surface area contributed by atoms with Crippen LogP contribution in [0.15, 0.2) is 0 Å². The maximum atomic E-state index is 10.4. The van der Waals surface area contributed by atoms with Gasteiger partial charge in [0.2, 0.25) is 0 Å². The minimum absolute atomic E-state index is 0.0764. The van der Waals surface area contributed by atoms with E-state index in [1.165, 1.54) is 0 Å². The summed E-state index contributed by atoms with van der Waals surface area (Å²) in [5, 5.41) is 0. The summed E-state index contributed by atoms with van der Waals surface area (Å²) in [7, 11) is 0. The van der Waals surface area contributed by atoms with Crippen LogP contribution in [0.1, 0.15) is 13.3 Å². The lowest BCUT2D eigenvalue weighted by Crippen LogP contribution is -2.01. The third kappa shape index (κ3) is 0.782. The molecule has 0 bridgehead atoms. The molecular weight excluding hydrogens is 104 g/mol. The molecule has 44 valence electrons. The molecule has 0 aromatic carbocycles. The standard InChI is InChI=1S/C6H8O2/c1-4-2-5(4)6(8)3-7/h3-5H,2H2,1H3. The quantitative estimate of drug-likeness (QED) is 0.383. The maximum absolute atomic E-state index is 10.4. The van der Waals surface area contributed by atoms with Gasteiger partial charge in [-0.05, 0) is 12.3 Å². The van der Waals surface area contributed by atoms with Crippen molar-refractivity contribution in [1.82, 2.24) is 0 Å². The summed E-state index contributed by atoms with van der Waals surface area (Å²) in [6.45, 7) is 1.98. The number of Topliss-reactive ketones (excluding diaryl/α,β-unsaturated/α-hetero) is 1. The fourth-order valence-electron chi connectivity index (χ4n) is 0.806. The van der Waals surface area contributed by atoms with Gasteiger partial charge in [-0.15, -0.1) is 0 Å². The molecule has 2 unspecified atom stereocenters. The zero-order valence-corrected chi connectivity index (χ0v) is 4.76. The summed E-state index contributed by atoms with van der Waals surface area (Å²) < 4.78 is 0. The number of hydrogen-bond acceptors (Lipinski definition) is 2. The Bertz CT molecular complexity index is 128. The first-order valence-electron chi connectivity index (χ1n) is 2.74. The molecule has 2 atom stereocenters. The third-order valence-electron chi connectivity index (χ3n) is 1.59. The molecule has 2 nitrogen and oxygen atoms in total. The highest BCUT2D eigenvalue weighted by Gasteiger charge is 2.38. The highest BCUT2D eigenvalue weighted by atomic mass is 16.2. The van der Waals surface area contributed by atoms with E-state index < -0.39 is 0 Å². The number of hydrogen-bond donors (Lipinski definition) is 0. The summed E-state index contributed by atoms with van der Waals surface area (Å²) in [4.78, 5) is 20.2. The molecule has 0 aromatic heterocycles. The van der Waals surface area contributed by atoms with Crippen molar-refractivity contribution in [2.24, 2.45) is 11.8 Å². The van der Waals surface area contributed by atoms with Crippen LogP contribution in [0, 0.1) is 11.8 Å². The minimum atomic E-state index is -0.225. The first-order valence-corrected chi connectivity index (χ1v) is 2.74. The highest BCUT2D eigenvalue weighted by Crippen LogP contribution is 2.37. The summed E-state index contributed by atoms with van der Waals surface area (Å²) in [6, 6.07) is 0. The molecule has 0 spiro atoms. The molecule has 1 aliphatic rings. The minimum Gasteiger partial charge on any atom is -0.295 e. The molecule has 1 aliphatic carbocycles. The van der Waals surface area contributed by atoms with Gasteiger partial charge in [0.1, 0.15) is 0 Å². The maximum Gasteiger partial charge on any atom is 0.198 e. The molecular formula is C6H8O2. The number of aldehydes is 1. The zero-order chi connectivity index (χ0) is 6.15. The fourth-order valence-corrected chi connectivity index (χ4v) is 0.806. The average molecular weight is 112 g/mol. The van der Waals surface area contributed by atoms with Crippen LogP contribution in [0.2, 0.25) is 0 Å². The fraction of sp³-hybridized carbons (Fsp3) is 0.667. The first kappa shape index (κ1) is 5.48. The van der Waals surface area contributed by atoms with Crippen LogP contribution in [-0.4, -0.2) is 12.1 Å². The molecule has 1 rings (SSSR count). The summed E-state index contributed by atoms with van der Waals surface area (Å²) in [6.07, 6.45) is 1.34. The molecule has 1 fully saturated rings. The molecule has 8 heavy (non-hydrogen) atoms. The van der Waals surface area contributed by atoms with Crippen molar-refractivity contribution >= 4 is 12.1 Å². The lowest BCUT2D eigenvalue weighted by molar-refractivity contribution is -0.130. The second-order valence-corrected chi connectivity index (χ2v) is 2.34. The Hall–Kier alpha value is -0.660. The Balaban J connectivity index is 2.39. The van der Waals surface area contributed by atoms with Crippen molar-refractivity contribution in [2.75, 3.05) is 0 Å². The molecule has 0 aromatic rings. The molecule has 0 N–H and O–H groups in total. The van der Waals surface area contributed by atoms with Gasteiger partial charge in [-0.2, -0.15) is 0 Å². The molecule has 2 heteroatoms. The van der Waals surface area contributed by atoms with E-state index >= 15 is 0 Å². The number of ketones is 1. The van der Waals surface area contributed by atoms with E-state index in [1.807, 2.05) is 6.92 Å². The monoisotopic (exact) mass is 112 g/mol. The van der Waals surface area contributed by atoms with Crippen molar-refractivity contribution in [3.05, 3.63) is 0 Å². The Morgan fingerprint density at radius 3 is 2.38 bits per heavy atom. The van der Waals surface area contributed by atoms with Gasteiger partial charge in [0.25, 0.3) is 0 Å². The van der Waals surface area contributed by atoms with Crippen LogP contribution in [0.4, 0.5) is 0 Å². The summed E-state index contributed by atoms with van der Waals surface area (Å²) in [5.74, 6) is 0.317. The number of carbonyl (C=O) groups is 2. The van der Waals surface area contributed by atoms with E-state index in [0.29, 0.717) is 12.2 Å². The first-order chi connectivity index (χ1) is 3.75. The smallest absolute Gasteiger partial charge is 0.198 e. The Labute approximate surface area is 47.9 Å². The van der Waals surface area contributed by atoms with Crippen LogP contribution in [0.5, 0.6) is 0 Å². The van der Waals surface area contributed by atoms with Gasteiger partial charge in [-0.1, -0.05) is 6.92 Å². The lowest BCUT2D eigenvalue weighted by Gasteiger charge is -1.79. The van der Waals surface area contributed by atoms with Gasteiger partial charge in [-0.25, -0.2) is 0 Å². The highest BCUT2D eigenvalue weighted by molar-refractivity contribution is 6.26. The van der Waals surface area contributed by atoms with Gasteiger partial charge < -0.3 is 0 Å². The van der Waals surface area contributed by atoms with E-state index in [0.717, 1.165) is 6.42 Å². The largest absolute Gasteiger partial charge is 0.295 e. The second-order valence-electron chi connectivity index (χ2n) is 2.34. The van der Waals surface area contributed by atoms with Gasteiger partial charge in [0, 0.05) is 5.92 Å². The van der Waals surface area contributed by atoms with Crippen LogP contribution < -0.4 is 0 Å². The van der Waals surface area contributed by atoms with Crippen molar-refractivity contribution in [2.45, 2.75) is 13.3 Å². The Morgan fingerprint density at radius 2 is 2.25 bits per heavy atom.